The van der Waals surface area contributed by atoms with Crippen molar-refractivity contribution >= 4 is 39.1 Å². The van der Waals surface area contributed by atoms with E-state index in [1.165, 1.54) is 11.3 Å². The molecule has 2 aromatic carbocycles. The molecule has 0 fully saturated rings. The SMILES string of the molecule is CCOCCn1c(=NC(=O)COc2cccc(C)c2)sc2cc(Cl)ccc21. The summed E-state index contributed by atoms with van der Waals surface area (Å²) in [4.78, 5) is 17.2. The van der Waals surface area contributed by atoms with Crippen LogP contribution in [0.25, 0.3) is 10.2 Å². The number of fused-ring (bicyclic) bond motifs is 1. The smallest absolute Gasteiger partial charge is 0.286 e. The molecule has 0 unspecified atom stereocenters. The molecule has 7 heteroatoms. The largest absolute Gasteiger partial charge is 0.484 e. The molecule has 0 aliphatic carbocycles. The number of amides is 1. The minimum absolute atomic E-state index is 0.107. The van der Waals surface area contributed by atoms with Gasteiger partial charge in [0.05, 0.1) is 16.8 Å². The van der Waals surface area contributed by atoms with Crippen molar-refractivity contribution in [3.8, 4) is 5.75 Å². The number of aryl methyl sites for hydroxylation is 1. The molecule has 142 valence electrons. The first-order chi connectivity index (χ1) is 13.1. The van der Waals surface area contributed by atoms with Gasteiger partial charge < -0.3 is 14.0 Å². The van der Waals surface area contributed by atoms with Crippen LogP contribution in [-0.2, 0) is 16.1 Å². The maximum Gasteiger partial charge on any atom is 0.286 e. The van der Waals surface area contributed by atoms with Crippen LogP contribution in [0.15, 0.2) is 47.5 Å². The maximum absolute atomic E-state index is 12.3. The van der Waals surface area contributed by atoms with E-state index >= 15 is 0 Å². The Labute approximate surface area is 166 Å². The highest BCUT2D eigenvalue weighted by Gasteiger charge is 2.09. The van der Waals surface area contributed by atoms with E-state index in [0.717, 1.165) is 15.8 Å². The van der Waals surface area contributed by atoms with Crippen LogP contribution in [0.2, 0.25) is 5.02 Å². The standard InChI is InChI=1S/C20H21ClN2O3S/c1-3-25-10-9-23-17-8-7-15(21)12-18(17)27-20(23)22-19(24)13-26-16-6-4-5-14(2)11-16/h4-8,11-12H,3,9-10,13H2,1-2H3. The Kier molecular flexibility index (Phi) is 6.66. The highest BCUT2D eigenvalue weighted by Crippen LogP contribution is 2.22. The number of hydrogen-bond acceptors (Lipinski definition) is 4. The Morgan fingerprint density at radius 3 is 2.89 bits per heavy atom. The van der Waals surface area contributed by atoms with Gasteiger partial charge in [-0.2, -0.15) is 4.99 Å². The molecule has 0 aliphatic rings. The van der Waals surface area contributed by atoms with Gasteiger partial charge >= 0.3 is 0 Å². The van der Waals surface area contributed by atoms with Crippen LogP contribution in [0.5, 0.6) is 5.75 Å². The van der Waals surface area contributed by atoms with Crippen LogP contribution in [0.1, 0.15) is 12.5 Å². The molecule has 0 bridgehead atoms. The van der Waals surface area contributed by atoms with Crippen LogP contribution in [-0.4, -0.2) is 30.3 Å². The number of halogens is 1. The summed E-state index contributed by atoms with van der Waals surface area (Å²) in [6.45, 7) is 5.62. The van der Waals surface area contributed by atoms with E-state index in [1.807, 2.05) is 60.9 Å². The zero-order valence-corrected chi connectivity index (χ0v) is 16.8. The fraction of sp³-hybridized carbons (Fsp3) is 0.300. The molecule has 0 spiro atoms. The molecule has 0 aliphatic heterocycles. The third-order valence-corrected chi connectivity index (χ3v) is 5.16. The van der Waals surface area contributed by atoms with E-state index in [4.69, 9.17) is 21.1 Å². The van der Waals surface area contributed by atoms with Gasteiger partial charge in [0.25, 0.3) is 5.91 Å². The van der Waals surface area contributed by atoms with Crippen molar-refractivity contribution in [3.63, 3.8) is 0 Å². The van der Waals surface area contributed by atoms with Crippen LogP contribution in [0.4, 0.5) is 0 Å². The number of rotatable bonds is 7. The van der Waals surface area contributed by atoms with E-state index in [1.54, 1.807) is 0 Å². The molecule has 0 saturated carbocycles. The lowest BCUT2D eigenvalue weighted by molar-refractivity contribution is -0.120. The van der Waals surface area contributed by atoms with E-state index in [-0.39, 0.29) is 12.5 Å². The zero-order chi connectivity index (χ0) is 19.2. The van der Waals surface area contributed by atoms with Crippen molar-refractivity contribution in [1.29, 1.82) is 0 Å². The van der Waals surface area contributed by atoms with Crippen molar-refractivity contribution in [2.24, 2.45) is 4.99 Å². The lowest BCUT2D eigenvalue weighted by Crippen LogP contribution is -2.21. The molecule has 0 atom stereocenters. The Bertz CT molecular complexity index is 1010. The molecule has 1 aromatic heterocycles. The maximum atomic E-state index is 12.3. The number of benzene rings is 2. The molecular formula is C20H21ClN2O3S. The Morgan fingerprint density at radius 2 is 2.11 bits per heavy atom. The first-order valence-corrected chi connectivity index (χ1v) is 9.90. The molecule has 0 radical (unpaired) electrons. The molecule has 1 amide bonds. The summed E-state index contributed by atoms with van der Waals surface area (Å²) in [7, 11) is 0. The molecule has 1 heterocycles. The van der Waals surface area contributed by atoms with Gasteiger partial charge in [-0.05, 0) is 49.7 Å². The number of thiazole rings is 1. The molecule has 3 rings (SSSR count). The van der Waals surface area contributed by atoms with Gasteiger partial charge in [0.2, 0.25) is 0 Å². The van der Waals surface area contributed by atoms with Crippen molar-refractivity contribution in [3.05, 3.63) is 57.9 Å². The summed E-state index contributed by atoms with van der Waals surface area (Å²) < 4.78 is 14.0. The second-order valence-electron chi connectivity index (χ2n) is 5.96. The average molecular weight is 405 g/mol. The van der Waals surface area contributed by atoms with E-state index in [2.05, 4.69) is 4.99 Å². The van der Waals surface area contributed by atoms with Gasteiger partial charge in [-0.1, -0.05) is 35.1 Å². The topological polar surface area (TPSA) is 52.8 Å². The number of nitrogens with zero attached hydrogens (tertiary/aromatic N) is 2. The van der Waals surface area contributed by atoms with E-state index in [0.29, 0.717) is 35.3 Å². The Balaban J connectivity index is 1.84. The van der Waals surface area contributed by atoms with Gasteiger partial charge in [-0.15, -0.1) is 0 Å². The number of carbonyl (C=O) groups excluding carboxylic acids is 1. The fourth-order valence-corrected chi connectivity index (χ4v) is 3.99. The molecule has 3 aromatic rings. The van der Waals surface area contributed by atoms with Crippen molar-refractivity contribution in [2.45, 2.75) is 20.4 Å². The fourth-order valence-electron chi connectivity index (χ4n) is 2.64. The number of aromatic nitrogens is 1. The predicted octanol–water partition coefficient (Wildman–Crippen LogP) is 4.21. The zero-order valence-electron chi connectivity index (χ0n) is 15.3. The second-order valence-corrected chi connectivity index (χ2v) is 7.40. The third kappa shape index (κ3) is 5.19. The van der Waals surface area contributed by atoms with Crippen LogP contribution >= 0.6 is 22.9 Å². The van der Waals surface area contributed by atoms with Gasteiger partial charge in [0.1, 0.15) is 5.75 Å². The summed E-state index contributed by atoms with van der Waals surface area (Å²) in [6, 6.07) is 13.2. The Morgan fingerprint density at radius 1 is 1.26 bits per heavy atom. The molecule has 27 heavy (non-hydrogen) atoms. The summed E-state index contributed by atoms with van der Waals surface area (Å²) in [5.74, 6) is 0.324. The number of hydrogen-bond donors (Lipinski definition) is 0. The molecule has 5 nitrogen and oxygen atoms in total. The van der Waals surface area contributed by atoms with Crippen LogP contribution < -0.4 is 9.54 Å². The summed E-state index contributed by atoms with van der Waals surface area (Å²) in [5.41, 5.74) is 2.06. The predicted molar refractivity (Wildman–Crippen MR) is 109 cm³/mol. The lowest BCUT2D eigenvalue weighted by Gasteiger charge is -2.06. The molecule has 0 saturated heterocycles. The van der Waals surface area contributed by atoms with Crippen molar-refractivity contribution < 1.29 is 14.3 Å². The highest BCUT2D eigenvalue weighted by molar-refractivity contribution is 7.16. The summed E-state index contributed by atoms with van der Waals surface area (Å²) >= 11 is 7.53. The molecular weight excluding hydrogens is 384 g/mol. The van der Waals surface area contributed by atoms with Gasteiger partial charge in [-0.3, -0.25) is 4.79 Å². The Hall–Kier alpha value is -2.15. The van der Waals surface area contributed by atoms with Gasteiger partial charge in [0.15, 0.2) is 11.4 Å². The van der Waals surface area contributed by atoms with Crippen LogP contribution in [0, 0.1) is 6.92 Å². The van der Waals surface area contributed by atoms with E-state index in [9.17, 15) is 4.79 Å². The normalized spacial score (nSPS) is 11.9. The van der Waals surface area contributed by atoms with E-state index < -0.39 is 0 Å². The summed E-state index contributed by atoms with van der Waals surface area (Å²) in [5, 5.41) is 0.654. The third-order valence-electron chi connectivity index (χ3n) is 3.88. The van der Waals surface area contributed by atoms with Crippen molar-refractivity contribution in [1.82, 2.24) is 4.57 Å². The quantitative estimate of drug-likeness (QED) is 0.554. The average Bonchev–Trinajstić information content (AvgIpc) is 2.96. The number of ether oxygens (including phenoxy) is 2. The molecule has 0 N–H and O–H groups in total. The monoisotopic (exact) mass is 404 g/mol. The second kappa shape index (κ2) is 9.17. The first kappa shape index (κ1) is 19.6. The highest BCUT2D eigenvalue weighted by atomic mass is 35.5. The van der Waals surface area contributed by atoms with Crippen LogP contribution in [0.3, 0.4) is 0 Å². The first-order valence-electron chi connectivity index (χ1n) is 8.70. The number of carbonyl (C=O) groups is 1. The van der Waals surface area contributed by atoms with Gasteiger partial charge in [-0.25, -0.2) is 0 Å². The minimum atomic E-state index is -0.334. The van der Waals surface area contributed by atoms with Gasteiger partial charge in [0, 0.05) is 18.2 Å². The lowest BCUT2D eigenvalue weighted by atomic mass is 10.2. The summed E-state index contributed by atoms with van der Waals surface area (Å²) in [6.07, 6.45) is 0. The minimum Gasteiger partial charge on any atom is -0.484 e. The van der Waals surface area contributed by atoms with Crippen molar-refractivity contribution in [2.75, 3.05) is 19.8 Å².